The lowest BCUT2D eigenvalue weighted by atomic mass is 9.98. The minimum Gasteiger partial charge on any atom is -0.389 e. The number of aliphatic hydroxyl groups excluding tert-OH is 2. The minimum atomic E-state index is -1.20. The molecule has 0 spiro atoms. The first-order valence-electron chi connectivity index (χ1n) is 8.42. The molecule has 2 aliphatic carbocycles. The van der Waals surface area contributed by atoms with Crippen molar-refractivity contribution in [2.75, 3.05) is 18.9 Å². The molecule has 2 aromatic rings. The van der Waals surface area contributed by atoms with Gasteiger partial charge in [-0.15, -0.1) is 0 Å². The van der Waals surface area contributed by atoms with E-state index < -0.39 is 29.5 Å². The molecule has 0 radical (unpaired) electrons. The van der Waals surface area contributed by atoms with Crippen molar-refractivity contribution in [1.29, 1.82) is 0 Å². The largest absolute Gasteiger partial charge is 0.389 e. The molecule has 2 heterocycles. The number of nitrogens with one attached hydrogen (secondary N) is 2. The van der Waals surface area contributed by atoms with E-state index in [1.54, 1.807) is 4.57 Å². The molecule has 1 unspecified atom stereocenters. The number of hydrogen-bond donors (Lipinski definition) is 4. The molecular weight excluding hydrogens is 365 g/mol. The van der Waals surface area contributed by atoms with Crippen molar-refractivity contribution < 1.29 is 19.4 Å². The smallest absolute Gasteiger partial charge is 0.229 e. The molecule has 1 amide bonds. The molecule has 4 rings (SSSR count). The maximum absolute atomic E-state index is 14.3. The lowest BCUT2D eigenvalue weighted by Crippen LogP contribution is -2.41. The van der Waals surface area contributed by atoms with E-state index in [4.69, 9.17) is 11.6 Å². The zero-order chi connectivity index (χ0) is 18.8. The van der Waals surface area contributed by atoms with E-state index in [9.17, 15) is 19.4 Å². The van der Waals surface area contributed by atoms with Gasteiger partial charge in [0.1, 0.15) is 17.3 Å². The Labute approximate surface area is 153 Å². The number of carbonyl (C=O) groups is 1. The number of fused-ring (bicyclic) bond motifs is 2. The topological polar surface area (TPSA) is 112 Å². The summed E-state index contributed by atoms with van der Waals surface area (Å²) in [4.78, 5) is 20.6. The summed E-state index contributed by atoms with van der Waals surface area (Å²) in [6.07, 6.45) is -0.479. The molecule has 2 aliphatic rings. The molecule has 0 aliphatic heterocycles. The first-order chi connectivity index (χ1) is 12.4. The molecule has 26 heavy (non-hydrogen) atoms. The van der Waals surface area contributed by atoms with Crippen LogP contribution in [0.2, 0.25) is 5.15 Å². The summed E-state index contributed by atoms with van der Waals surface area (Å²) in [6.45, 7) is 2.28. The quantitative estimate of drug-likeness (QED) is 0.578. The number of halogens is 2. The molecule has 0 aromatic carbocycles. The molecule has 2 aromatic heterocycles. The third kappa shape index (κ3) is 2.04. The molecule has 5 atom stereocenters. The standard InChI is InChI=1S/C16H19ClFN5O3/c1-3-20-8-7(18)13(17)22-14-9(8)21-5-23(14)10-6-4-16(6,15(26)19-2)12(25)11(10)24/h5-6,10-12,24-25H,3-4H2,1-2H3,(H,19,26)(H,20,22)/t6-,10-,11+,12+,16?/m1/s1. The number of anilines is 1. The van der Waals surface area contributed by atoms with Crippen molar-refractivity contribution in [3.63, 3.8) is 0 Å². The van der Waals surface area contributed by atoms with E-state index in [-0.39, 0.29) is 28.2 Å². The number of rotatable bonds is 4. The number of aliphatic hydroxyl groups is 2. The molecule has 2 saturated carbocycles. The second-order valence-electron chi connectivity index (χ2n) is 6.80. The van der Waals surface area contributed by atoms with Crippen LogP contribution in [0.3, 0.4) is 0 Å². The molecule has 4 N–H and O–H groups in total. The number of nitrogens with zero attached hydrogens (tertiary/aromatic N) is 3. The van der Waals surface area contributed by atoms with Gasteiger partial charge in [-0.2, -0.15) is 0 Å². The predicted octanol–water partition coefficient (Wildman–Crippen LogP) is 0.684. The summed E-state index contributed by atoms with van der Waals surface area (Å²) in [7, 11) is 1.50. The molecule has 0 bridgehead atoms. The molecule has 10 heteroatoms. The van der Waals surface area contributed by atoms with E-state index in [1.807, 2.05) is 6.92 Å². The van der Waals surface area contributed by atoms with Gasteiger partial charge in [-0.3, -0.25) is 4.79 Å². The SMILES string of the molecule is CCNc1c(F)c(Cl)nc2c1ncn2[C@H]1[C@H](O)[C@H](O)C2(C(=O)NC)C[C@H]12. The van der Waals surface area contributed by atoms with Gasteiger partial charge in [0, 0.05) is 19.5 Å². The Morgan fingerprint density at radius 1 is 1.54 bits per heavy atom. The van der Waals surface area contributed by atoms with Crippen LogP contribution in [-0.4, -0.2) is 56.5 Å². The van der Waals surface area contributed by atoms with Crippen LogP contribution in [0.1, 0.15) is 19.4 Å². The van der Waals surface area contributed by atoms with Gasteiger partial charge >= 0.3 is 0 Å². The molecule has 8 nitrogen and oxygen atoms in total. The van der Waals surface area contributed by atoms with Crippen LogP contribution in [-0.2, 0) is 4.79 Å². The molecule has 0 saturated heterocycles. The fourth-order valence-electron chi connectivity index (χ4n) is 4.33. The van der Waals surface area contributed by atoms with Crippen molar-refractivity contribution in [2.45, 2.75) is 31.6 Å². The molecule has 140 valence electrons. The Morgan fingerprint density at radius 2 is 2.27 bits per heavy atom. The predicted molar refractivity (Wildman–Crippen MR) is 92.3 cm³/mol. The average molecular weight is 384 g/mol. The number of pyridine rings is 1. The van der Waals surface area contributed by atoms with Gasteiger partial charge in [0.05, 0.1) is 23.9 Å². The van der Waals surface area contributed by atoms with Gasteiger partial charge in [-0.25, -0.2) is 14.4 Å². The summed E-state index contributed by atoms with van der Waals surface area (Å²) in [6, 6.07) is -0.601. The second kappa shape index (κ2) is 5.77. The van der Waals surface area contributed by atoms with Crippen molar-refractivity contribution in [3.8, 4) is 0 Å². The van der Waals surface area contributed by atoms with Gasteiger partial charge in [-0.1, -0.05) is 11.6 Å². The number of carbonyl (C=O) groups excluding carboxylic acids is 1. The van der Waals surface area contributed by atoms with Gasteiger partial charge < -0.3 is 25.4 Å². The van der Waals surface area contributed by atoms with Gasteiger partial charge in [-0.05, 0) is 13.3 Å². The van der Waals surface area contributed by atoms with Crippen LogP contribution in [0.25, 0.3) is 11.2 Å². The van der Waals surface area contributed by atoms with Crippen LogP contribution in [0.15, 0.2) is 6.33 Å². The highest BCUT2D eigenvalue weighted by molar-refractivity contribution is 6.30. The van der Waals surface area contributed by atoms with Crippen LogP contribution < -0.4 is 10.6 Å². The van der Waals surface area contributed by atoms with Crippen molar-refractivity contribution in [3.05, 3.63) is 17.3 Å². The van der Waals surface area contributed by atoms with Crippen LogP contribution in [0, 0.1) is 17.2 Å². The number of hydrogen-bond acceptors (Lipinski definition) is 6. The minimum absolute atomic E-state index is 0.141. The maximum Gasteiger partial charge on any atom is 0.229 e. The summed E-state index contributed by atoms with van der Waals surface area (Å²) in [5, 5.41) is 26.2. The van der Waals surface area contributed by atoms with E-state index in [1.165, 1.54) is 13.4 Å². The summed E-state index contributed by atoms with van der Waals surface area (Å²) in [5.74, 6) is -1.26. The maximum atomic E-state index is 14.3. The monoisotopic (exact) mass is 383 g/mol. The zero-order valence-corrected chi connectivity index (χ0v) is 15.0. The lowest BCUT2D eigenvalue weighted by molar-refractivity contribution is -0.132. The number of amides is 1. The van der Waals surface area contributed by atoms with E-state index in [2.05, 4.69) is 20.6 Å². The van der Waals surface area contributed by atoms with Crippen LogP contribution in [0.5, 0.6) is 0 Å². The Bertz CT molecular complexity index is 906. The Morgan fingerprint density at radius 3 is 2.92 bits per heavy atom. The third-order valence-electron chi connectivity index (χ3n) is 5.61. The van der Waals surface area contributed by atoms with Crippen molar-refractivity contribution in [1.82, 2.24) is 19.9 Å². The highest BCUT2D eigenvalue weighted by atomic mass is 35.5. The summed E-state index contributed by atoms with van der Waals surface area (Å²) < 4.78 is 15.9. The highest BCUT2D eigenvalue weighted by Crippen LogP contribution is 2.67. The van der Waals surface area contributed by atoms with Gasteiger partial charge in [0.25, 0.3) is 0 Å². The number of aromatic nitrogens is 3. The fraction of sp³-hybridized carbons (Fsp3) is 0.562. The first-order valence-corrected chi connectivity index (χ1v) is 8.80. The van der Waals surface area contributed by atoms with Gasteiger partial charge in [0.15, 0.2) is 16.6 Å². The van der Waals surface area contributed by atoms with E-state index >= 15 is 0 Å². The van der Waals surface area contributed by atoms with Crippen molar-refractivity contribution >= 4 is 34.4 Å². The first kappa shape index (κ1) is 17.4. The Kier molecular flexibility index (Phi) is 3.87. The van der Waals surface area contributed by atoms with Gasteiger partial charge in [0.2, 0.25) is 5.91 Å². The van der Waals surface area contributed by atoms with Crippen LogP contribution in [0.4, 0.5) is 10.1 Å². The van der Waals surface area contributed by atoms with E-state index in [0.717, 1.165) is 0 Å². The van der Waals surface area contributed by atoms with E-state index in [0.29, 0.717) is 18.6 Å². The second-order valence-corrected chi connectivity index (χ2v) is 7.16. The van der Waals surface area contributed by atoms with Crippen molar-refractivity contribution in [2.24, 2.45) is 11.3 Å². The number of imidazole rings is 1. The Hall–Kier alpha value is -1.97. The lowest BCUT2D eigenvalue weighted by Gasteiger charge is -2.23. The summed E-state index contributed by atoms with van der Waals surface area (Å²) >= 11 is 5.93. The van der Waals surface area contributed by atoms with Crippen LogP contribution >= 0.6 is 11.6 Å². The highest BCUT2D eigenvalue weighted by Gasteiger charge is 2.75. The third-order valence-corrected chi connectivity index (χ3v) is 5.86. The molecular formula is C16H19ClFN5O3. The summed E-state index contributed by atoms with van der Waals surface area (Å²) in [5.41, 5.74) is -0.289. The molecule has 2 fully saturated rings. The zero-order valence-electron chi connectivity index (χ0n) is 14.2. The Balaban J connectivity index is 1.83. The normalized spacial score (nSPS) is 32.5. The average Bonchev–Trinajstić information content (AvgIpc) is 3.18. The fourth-order valence-corrected chi connectivity index (χ4v) is 4.51.